The molecule has 0 aliphatic carbocycles. The van der Waals surface area contributed by atoms with E-state index in [9.17, 15) is 4.79 Å². The second-order valence-corrected chi connectivity index (χ2v) is 8.42. The summed E-state index contributed by atoms with van der Waals surface area (Å²) in [6, 6.07) is 20.7. The van der Waals surface area contributed by atoms with E-state index in [1.54, 1.807) is 19.5 Å². The van der Waals surface area contributed by atoms with Crippen molar-refractivity contribution in [2.45, 2.75) is 19.0 Å². The summed E-state index contributed by atoms with van der Waals surface area (Å²) >= 11 is 0. The second-order valence-electron chi connectivity index (χ2n) is 8.42. The average molecular weight is 429 g/mol. The molecule has 0 bridgehead atoms. The van der Waals surface area contributed by atoms with Crippen LogP contribution < -0.4 is 19.9 Å². The molecule has 6 nitrogen and oxygen atoms in total. The normalized spacial score (nSPS) is 19.7. The number of para-hydroxylation sites is 1. The minimum absolute atomic E-state index is 0.110. The maximum absolute atomic E-state index is 13.4. The van der Waals surface area contributed by atoms with E-state index in [2.05, 4.69) is 56.5 Å². The predicted octanol–water partition coefficient (Wildman–Crippen LogP) is 3.27. The lowest BCUT2D eigenvalue weighted by molar-refractivity contribution is -0.126. The number of nitrogens with one attached hydrogen (secondary N) is 1. The zero-order valence-corrected chi connectivity index (χ0v) is 18.3. The van der Waals surface area contributed by atoms with Gasteiger partial charge in [0, 0.05) is 56.0 Å². The Morgan fingerprint density at radius 2 is 1.94 bits per heavy atom. The summed E-state index contributed by atoms with van der Waals surface area (Å²) in [4.78, 5) is 22.3. The molecule has 0 saturated carbocycles. The molecule has 1 N–H and O–H groups in total. The smallest absolute Gasteiger partial charge is 0.225 e. The van der Waals surface area contributed by atoms with E-state index in [0.717, 1.165) is 43.1 Å². The number of fused-ring (bicyclic) bond motifs is 3. The molecule has 164 valence electrons. The van der Waals surface area contributed by atoms with Crippen molar-refractivity contribution in [3.8, 4) is 5.75 Å². The Balaban J connectivity index is 1.40. The number of anilines is 2. The predicted molar refractivity (Wildman–Crippen MR) is 126 cm³/mol. The molecule has 0 unspecified atom stereocenters. The van der Waals surface area contributed by atoms with Gasteiger partial charge in [-0.1, -0.05) is 24.3 Å². The summed E-state index contributed by atoms with van der Waals surface area (Å²) in [5, 5.41) is 3.17. The highest BCUT2D eigenvalue weighted by Gasteiger charge is 2.41. The van der Waals surface area contributed by atoms with Gasteiger partial charge in [-0.15, -0.1) is 0 Å². The van der Waals surface area contributed by atoms with Gasteiger partial charge in [0.05, 0.1) is 19.1 Å². The van der Waals surface area contributed by atoms with Gasteiger partial charge in [-0.25, -0.2) is 0 Å². The van der Waals surface area contributed by atoms with Gasteiger partial charge in [-0.05, 0) is 47.9 Å². The van der Waals surface area contributed by atoms with Crippen LogP contribution in [-0.2, 0) is 17.8 Å². The van der Waals surface area contributed by atoms with Crippen molar-refractivity contribution in [3.05, 3.63) is 84.2 Å². The highest BCUT2D eigenvalue weighted by molar-refractivity contribution is 5.82. The first-order chi connectivity index (χ1) is 15.7. The Bertz CT molecular complexity index is 1090. The van der Waals surface area contributed by atoms with Crippen molar-refractivity contribution >= 4 is 17.3 Å². The molecule has 1 amide bonds. The van der Waals surface area contributed by atoms with Crippen LogP contribution in [0.15, 0.2) is 73.1 Å². The van der Waals surface area contributed by atoms with Crippen molar-refractivity contribution in [1.29, 1.82) is 0 Å². The highest BCUT2D eigenvalue weighted by Crippen LogP contribution is 2.37. The molecular formula is C26H28N4O2. The number of nitrogens with zero attached hydrogens (tertiary/aromatic N) is 3. The third kappa shape index (κ3) is 4.00. The van der Waals surface area contributed by atoms with E-state index in [1.807, 2.05) is 24.3 Å². The minimum Gasteiger partial charge on any atom is -0.497 e. The number of pyridine rings is 1. The first kappa shape index (κ1) is 20.4. The molecule has 0 radical (unpaired) electrons. The first-order valence-electron chi connectivity index (χ1n) is 11.1. The highest BCUT2D eigenvalue weighted by atomic mass is 16.5. The molecule has 6 heteroatoms. The van der Waals surface area contributed by atoms with Gasteiger partial charge in [0.2, 0.25) is 5.91 Å². The number of hydrogen-bond donors (Lipinski definition) is 1. The lowest BCUT2D eigenvalue weighted by Crippen LogP contribution is -2.61. The minimum atomic E-state index is -0.111. The monoisotopic (exact) mass is 428 g/mol. The Kier molecular flexibility index (Phi) is 5.67. The van der Waals surface area contributed by atoms with Crippen LogP contribution in [0.1, 0.15) is 11.1 Å². The molecule has 2 aromatic carbocycles. The fourth-order valence-electron chi connectivity index (χ4n) is 4.92. The molecule has 0 spiro atoms. The number of amides is 1. The first-order valence-corrected chi connectivity index (χ1v) is 11.1. The molecule has 2 aliphatic heterocycles. The number of aromatic nitrogens is 1. The largest absolute Gasteiger partial charge is 0.497 e. The molecule has 2 atom stereocenters. The lowest BCUT2D eigenvalue weighted by Gasteiger charge is -2.49. The van der Waals surface area contributed by atoms with Gasteiger partial charge < -0.3 is 19.9 Å². The number of methoxy groups -OCH3 is 1. The van der Waals surface area contributed by atoms with Crippen molar-refractivity contribution in [2.24, 2.45) is 5.92 Å². The fourth-order valence-corrected chi connectivity index (χ4v) is 4.92. The summed E-state index contributed by atoms with van der Waals surface area (Å²) in [5.41, 5.74) is 4.71. The second kappa shape index (κ2) is 8.91. The van der Waals surface area contributed by atoms with Crippen LogP contribution in [0, 0.1) is 5.92 Å². The van der Waals surface area contributed by atoms with Gasteiger partial charge in [0.1, 0.15) is 5.75 Å². The number of carbonyl (C=O) groups is 1. The van der Waals surface area contributed by atoms with E-state index in [0.29, 0.717) is 6.54 Å². The topological polar surface area (TPSA) is 57.7 Å². The van der Waals surface area contributed by atoms with E-state index < -0.39 is 0 Å². The van der Waals surface area contributed by atoms with E-state index in [1.165, 1.54) is 11.3 Å². The quantitative estimate of drug-likeness (QED) is 0.676. The average Bonchev–Trinajstić information content (AvgIpc) is 2.87. The Morgan fingerprint density at radius 1 is 1.09 bits per heavy atom. The maximum atomic E-state index is 13.4. The number of piperazine rings is 1. The van der Waals surface area contributed by atoms with Crippen molar-refractivity contribution in [1.82, 2.24) is 10.3 Å². The number of ether oxygens (including phenoxy) is 1. The molecule has 3 heterocycles. The molecule has 3 aromatic rings. The van der Waals surface area contributed by atoms with Crippen LogP contribution in [0.3, 0.4) is 0 Å². The summed E-state index contributed by atoms with van der Waals surface area (Å²) in [5.74, 6) is 0.851. The van der Waals surface area contributed by atoms with Crippen LogP contribution in [0.2, 0.25) is 0 Å². The Labute approximate surface area is 188 Å². The van der Waals surface area contributed by atoms with Gasteiger partial charge in [0.15, 0.2) is 0 Å². The molecule has 1 saturated heterocycles. The Morgan fingerprint density at radius 3 is 2.78 bits per heavy atom. The maximum Gasteiger partial charge on any atom is 0.225 e. The third-order valence-electron chi connectivity index (χ3n) is 6.60. The molecular weight excluding hydrogens is 400 g/mol. The third-order valence-corrected chi connectivity index (χ3v) is 6.60. The van der Waals surface area contributed by atoms with Crippen molar-refractivity contribution < 1.29 is 9.53 Å². The Hall–Kier alpha value is -3.54. The van der Waals surface area contributed by atoms with Gasteiger partial charge in [-0.3, -0.25) is 9.78 Å². The molecule has 32 heavy (non-hydrogen) atoms. The fraction of sp³-hybridized carbons (Fsp3) is 0.308. The van der Waals surface area contributed by atoms with E-state index >= 15 is 0 Å². The van der Waals surface area contributed by atoms with Crippen LogP contribution in [0.4, 0.5) is 11.4 Å². The van der Waals surface area contributed by atoms with Crippen LogP contribution in [-0.4, -0.2) is 43.7 Å². The summed E-state index contributed by atoms with van der Waals surface area (Å²) in [6.07, 6.45) is 4.27. The number of hydrogen-bond acceptors (Lipinski definition) is 5. The van der Waals surface area contributed by atoms with Crippen LogP contribution >= 0.6 is 0 Å². The summed E-state index contributed by atoms with van der Waals surface area (Å²) in [7, 11) is 1.69. The van der Waals surface area contributed by atoms with Crippen molar-refractivity contribution in [3.63, 3.8) is 0 Å². The van der Waals surface area contributed by atoms with Crippen LogP contribution in [0.25, 0.3) is 0 Å². The number of carbonyl (C=O) groups excluding carboxylic acids is 1. The van der Waals surface area contributed by atoms with Gasteiger partial charge in [-0.2, -0.15) is 0 Å². The lowest BCUT2D eigenvalue weighted by atomic mass is 9.83. The number of rotatable bonds is 5. The molecule has 2 aliphatic rings. The van der Waals surface area contributed by atoms with E-state index in [-0.39, 0.29) is 17.9 Å². The molecule has 1 aromatic heterocycles. The zero-order valence-electron chi connectivity index (χ0n) is 18.3. The standard InChI is InChI=1S/C26H28N4O2/c1-32-22-7-4-6-21(16-22)29-13-14-30-24-8-3-2-5-20(24)15-23(25(30)18-29)26(31)28-17-19-9-11-27-12-10-19/h2-12,16,23,25H,13-15,17-18H2,1H3,(H,28,31)/t23-,25-/m0/s1. The van der Waals surface area contributed by atoms with E-state index in [4.69, 9.17) is 4.74 Å². The van der Waals surface area contributed by atoms with Crippen LogP contribution in [0.5, 0.6) is 5.75 Å². The molecule has 1 fully saturated rings. The summed E-state index contributed by atoms with van der Waals surface area (Å²) < 4.78 is 5.43. The zero-order chi connectivity index (χ0) is 21.9. The SMILES string of the molecule is COc1cccc(N2CCN3c4ccccc4C[C@H](C(=O)NCc4ccncc4)[C@@H]3C2)c1. The summed E-state index contributed by atoms with van der Waals surface area (Å²) in [6.45, 7) is 3.11. The van der Waals surface area contributed by atoms with Crippen molar-refractivity contribution in [2.75, 3.05) is 36.5 Å². The number of benzene rings is 2. The molecule has 5 rings (SSSR count). The van der Waals surface area contributed by atoms with Gasteiger partial charge >= 0.3 is 0 Å². The van der Waals surface area contributed by atoms with Gasteiger partial charge in [0.25, 0.3) is 0 Å².